The zero-order valence-electron chi connectivity index (χ0n) is 13.6. The topological polar surface area (TPSA) is 109 Å². The summed E-state index contributed by atoms with van der Waals surface area (Å²) in [4.78, 5) is 27.0. The lowest BCUT2D eigenvalue weighted by Crippen LogP contribution is -2.54. The molecule has 2 atom stereocenters. The molecule has 0 bridgehead atoms. The minimum absolute atomic E-state index is 0.0594. The molecule has 26 heavy (non-hydrogen) atoms. The molecule has 1 fully saturated rings. The predicted molar refractivity (Wildman–Crippen MR) is 84.2 cm³/mol. The van der Waals surface area contributed by atoms with Gasteiger partial charge >= 0.3 is 18.0 Å². The van der Waals surface area contributed by atoms with E-state index in [1.165, 1.54) is 4.90 Å². The standard InChI is InChI=1S/C15H17F3N4O4/c16-15(17,18)8-4-9(20-14(23)24)7-21(6-8)13-10-2-1-3-11(10)19-5-12(13)22(25)26/h5,8-9,20H,1-4,6-7H2,(H,23,24)/t8-,9+/m0/s1. The molecule has 1 saturated heterocycles. The van der Waals surface area contributed by atoms with Crippen LogP contribution in [0, 0.1) is 16.0 Å². The number of nitro groups is 1. The molecule has 0 spiro atoms. The van der Waals surface area contributed by atoms with Crippen molar-refractivity contribution in [3.8, 4) is 0 Å². The minimum atomic E-state index is -4.53. The summed E-state index contributed by atoms with van der Waals surface area (Å²) in [6.45, 7) is -0.505. The van der Waals surface area contributed by atoms with Crippen LogP contribution in [0.15, 0.2) is 6.20 Å². The monoisotopic (exact) mass is 374 g/mol. The van der Waals surface area contributed by atoms with E-state index in [4.69, 9.17) is 5.11 Å². The highest BCUT2D eigenvalue weighted by molar-refractivity contribution is 5.70. The molecule has 2 heterocycles. The first-order chi connectivity index (χ1) is 12.2. The van der Waals surface area contributed by atoms with Gasteiger partial charge in [0.1, 0.15) is 11.9 Å². The number of aromatic nitrogens is 1. The minimum Gasteiger partial charge on any atom is -0.465 e. The Hall–Kier alpha value is -2.59. The number of nitrogens with zero attached hydrogens (tertiary/aromatic N) is 3. The molecule has 0 unspecified atom stereocenters. The Morgan fingerprint density at radius 1 is 1.38 bits per heavy atom. The van der Waals surface area contributed by atoms with Crippen LogP contribution in [0.1, 0.15) is 24.1 Å². The van der Waals surface area contributed by atoms with Crippen molar-refractivity contribution in [1.29, 1.82) is 0 Å². The second-order valence-corrected chi connectivity index (χ2v) is 6.55. The number of hydrogen-bond acceptors (Lipinski definition) is 5. The van der Waals surface area contributed by atoms with Gasteiger partial charge in [0, 0.05) is 24.3 Å². The molecule has 8 nitrogen and oxygen atoms in total. The fourth-order valence-electron chi connectivity index (χ4n) is 3.76. The highest BCUT2D eigenvalue weighted by atomic mass is 19.4. The Morgan fingerprint density at radius 3 is 2.73 bits per heavy atom. The lowest BCUT2D eigenvalue weighted by molar-refractivity contribution is -0.384. The Balaban J connectivity index is 2.02. The Morgan fingerprint density at radius 2 is 2.12 bits per heavy atom. The molecular formula is C15H17F3N4O4. The molecule has 1 aromatic rings. The summed E-state index contributed by atoms with van der Waals surface area (Å²) in [6, 6.07) is -0.974. The van der Waals surface area contributed by atoms with Crippen molar-refractivity contribution in [3.63, 3.8) is 0 Å². The van der Waals surface area contributed by atoms with Crippen molar-refractivity contribution in [1.82, 2.24) is 10.3 Å². The maximum atomic E-state index is 13.3. The Bertz CT molecular complexity index is 740. The van der Waals surface area contributed by atoms with Gasteiger partial charge in [-0.05, 0) is 25.7 Å². The zero-order valence-corrected chi connectivity index (χ0v) is 13.6. The van der Waals surface area contributed by atoms with Gasteiger partial charge in [0.2, 0.25) is 0 Å². The number of alkyl halides is 3. The van der Waals surface area contributed by atoms with Gasteiger partial charge in [-0.2, -0.15) is 13.2 Å². The largest absolute Gasteiger partial charge is 0.465 e. The summed E-state index contributed by atoms with van der Waals surface area (Å²) in [7, 11) is 0. The van der Waals surface area contributed by atoms with Crippen molar-refractivity contribution < 1.29 is 28.0 Å². The molecule has 0 saturated carbocycles. The van der Waals surface area contributed by atoms with Gasteiger partial charge in [0.15, 0.2) is 0 Å². The summed E-state index contributed by atoms with van der Waals surface area (Å²) in [5.74, 6) is -1.78. The smallest absolute Gasteiger partial charge is 0.404 e. The van der Waals surface area contributed by atoms with Crippen LogP contribution >= 0.6 is 0 Å². The second-order valence-electron chi connectivity index (χ2n) is 6.55. The molecule has 1 aliphatic heterocycles. The van der Waals surface area contributed by atoms with Crippen LogP contribution in [0.2, 0.25) is 0 Å². The zero-order chi connectivity index (χ0) is 19.1. The number of aryl methyl sites for hydroxylation is 1. The van der Waals surface area contributed by atoms with Crippen LogP contribution < -0.4 is 10.2 Å². The second kappa shape index (κ2) is 6.61. The normalized spacial score (nSPS) is 22.8. The third-order valence-electron chi connectivity index (χ3n) is 4.81. The van der Waals surface area contributed by atoms with E-state index in [9.17, 15) is 28.1 Å². The number of piperidine rings is 1. The van der Waals surface area contributed by atoms with E-state index in [0.29, 0.717) is 24.1 Å². The van der Waals surface area contributed by atoms with Crippen molar-refractivity contribution in [2.75, 3.05) is 18.0 Å². The summed E-state index contributed by atoms with van der Waals surface area (Å²) < 4.78 is 40.0. The highest BCUT2D eigenvalue weighted by Crippen LogP contribution is 2.41. The molecule has 2 aliphatic rings. The summed E-state index contributed by atoms with van der Waals surface area (Å²) in [5, 5.41) is 22.4. The quantitative estimate of drug-likeness (QED) is 0.622. The third kappa shape index (κ3) is 3.51. The van der Waals surface area contributed by atoms with E-state index in [1.807, 2.05) is 0 Å². The number of fused-ring (bicyclic) bond motifs is 1. The lowest BCUT2D eigenvalue weighted by Gasteiger charge is -2.39. The van der Waals surface area contributed by atoms with Gasteiger partial charge in [0.25, 0.3) is 0 Å². The molecule has 1 aromatic heterocycles. The molecule has 0 aromatic carbocycles. The number of nitrogens with one attached hydrogen (secondary N) is 1. The van der Waals surface area contributed by atoms with E-state index in [1.54, 1.807) is 0 Å². The predicted octanol–water partition coefficient (Wildman–Crippen LogP) is 2.50. The Labute approximate surface area is 146 Å². The maximum Gasteiger partial charge on any atom is 0.404 e. The molecule has 1 aliphatic carbocycles. The van der Waals surface area contributed by atoms with E-state index >= 15 is 0 Å². The van der Waals surface area contributed by atoms with E-state index in [2.05, 4.69) is 10.3 Å². The van der Waals surface area contributed by atoms with Crippen LogP contribution in [0.3, 0.4) is 0 Å². The van der Waals surface area contributed by atoms with Crippen molar-refractivity contribution in [2.45, 2.75) is 37.9 Å². The van der Waals surface area contributed by atoms with Gasteiger partial charge in [-0.3, -0.25) is 15.1 Å². The first-order valence-electron chi connectivity index (χ1n) is 8.13. The first kappa shape index (κ1) is 18.2. The average Bonchev–Trinajstić information content (AvgIpc) is 3.00. The fourth-order valence-corrected chi connectivity index (χ4v) is 3.76. The van der Waals surface area contributed by atoms with Gasteiger partial charge in [-0.15, -0.1) is 0 Å². The maximum absolute atomic E-state index is 13.3. The molecule has 1 amide bonds. The first-order valence-corrected chi connectivity index (χ1v) is 8.13. The van der Waals surface area contributed by atoms with Gasteiger partial charge in [-0.1, -0.05) is 0 Å². The number of halogens is 3. The SMILES string of the molecule is O=C(O)N[C@@H]1C[C@H](C(F)(F)F)CN(c2c([N+](=O)[O-])cnc3c2CCC3)C1. The van der Waals surface area contributed by atoms with E-state index in [0.717, 1.165) is 12.6 Å². The summed E-state index contributed by atoms with van der Waals surface area (Å²) in [5.41, 5.74) is 1.05. The van der Waals surface area contributed by atoms with Gasteiger partial charge in [0.05, 0.1) is 16.9 Å². The van der Waals surface area contributed by atoms with Crippen LogP contribution in [-0.4, -0.2) is 46.4 Å². The molecular weight excluding hydrogens is 357 g/mol. The molecule has 0 radical (unpaired) electrons. The third-order valence-corrected chi connectivity index (χ3v) is 4.81. The molecule has 11 heteroatoms. The molecule has 2 N–H and O–H groups in total. The van der Waals surface area contributed by atoms with Crippen molar-refractivity contribution >= 4 is 17.5 Å². The number of carboxylic acid groups (broad SMARTS) is 1. The van der Waals surface area contributed by atoms with Crippen LogP contribution in [-0.2, 0) is 12.8 Å². The van der Waals surface area contributed by atoms with Gasteiger partial charge in [-0.25, -0.2) is 4.79 Å². The number of pyridine rings is 1. The number of amides is 1. The number of anilines is 1. The summed E-state index contributed by atoms with van der Waals surface area (Å²) in [6.07, 6.45) is -3.42. The number of rotatable bonds is 3. The highest BCUT2D eigenvalue weighted by Gasteiger charge is 2.46. The molecule has 142 valence electrons. The van der Waals surface area contributed by atoms with E-state index in [-0.39, 0.29) is 17.9 Å². The number of hydrogen-bond donors (Lipinski definition) is 2. The van der Waals surface area contributed by atoms with Crippen LogP contribution in [0.25, 0.3) is 0 Å². The van der Waals surface area contributed by atoms with Crippen LogP contribution in [0.4, 0.5) is 29.3 Å². The van der Waals surface area contributed by atoms with Gasteiger partial charge < -0.3 is 15.3 Å². The van der Waals surface area contributed by atoms with Crippen LogP contribution in [0.5, 0.6) is 0 Å². The fraction of sp³-hybridized carbons (Fsp3) is 0.600. The van der Waals surface area contributed by atoms with Crippen molar-refractivity contribution in [2.24, 2.45) is 5.92 Å². The Kier molecular flexibility index (Phi) is 4.63. The molecule has 3 rings (SSSR count). The van der Waals surface area contributed by atoms with E-state index < -0.39 is 42.1 Å². The number of carbonyl (C=O) groups is 1. The summed E-state index contributed by atoms with van der Waals surface area (Å²) >= 11 is 0. The van der Waals surface area contributed by atoms with Crippen molar-refractivity contribution in [3.05, 3.63) is 27.6 Å². The lowest BCUT2D eigenvalue weighted by atomic mass is 9.92. The average molecular weight is 374 g/mol.